The SMILES string of the molecule is CCCC/C=C\CCCCCCCC(=O)OCC(COC(=O)CCCCCCC\C=C/C=C\C=C/CCCCCCC)OC(=O)CCCCCCC/C=C\CCCCCCCCCCC. The van der Waals surface area contributed by atoms with Gasteiger partial charge in [-0.1, -0.05) is 229 Å². The standard InChI is InChI=1S/C59H104O6/c1-4-7-10-13-16-19-22-24-26-28-30-32-34-37-40-43-46-49-52-58(61)64-55-56(54-63-57(60)51-48-45-42-39-36-21-18-15-12-9-6-3)65-59(62)53-50-47-44-41-38-35-33-31-29-27-25-23-20-17-14-11-8-5-2/h15,18,22,24,26,28,30-33,56H,4-14,16-17,19-21,23,25,27,29,34-55H2,1-3H3/b18-15-,24-22-,28-26-,32-30-,33-31-. The van der Waals surface area contributed by atoms with Gasteiger partial charge in [0.05, 0.1) is 0 Å². The van der Waals surface area contributed by atoms with Crippen LogP contribution < -0.4 is 0 Å². The van der Waals surface area contributed by atoms with E-state index in [0.717, 1.165) is 96.3 Å². The highest BCUT2D eigenvalue weighted by molar-refractivity contribution is 5.71. The average molecular weight is 909 g/mol. The maximum atomic E-state index is 12.8. The largest absolute Gasteiger partial charge is 0.462 e. The second-order valence-corrected chi connectivity index (χ2v) is 18.5. The van der Waals surface area contributed by atoms with Crippen LogP contribution in [0.5, 0.6) is 0 Å². The van der Waals surface area contributed by atoms with Crippen LogP contribution in [0.3, 0.4) is 0 Å². The molecule has 6 nitrogen and oxygen atoms in total. The highest BCUT2D eigenvalue weighted by Crippen LogP contribution is 2.15. The molecule has 0 saturated carbocycles. The van der Waals surface area contributed by atoms with Crippen LogP contribution in [-0.2, 0) is 28.6 Å². The first-order valence-electron chi connectivity index (χ1n) is 27.8. The molecule has 6 heteroatoms. The van der Waals surface area contributed by atoms with Gasteiger partial charge in [0.1, 0.15) is 13.2 Å². The summed E-state index contributed by atoms with van der Waals surface area (Å²) in [6, 6.07) is 0. The molecule has 0 radical (unpaired) electrons. The Morgan fingerprint density at radius 3 is 0.938 bits per heavy atom. The quantitative estimate of drug-likeness (QED) is 0.0199. The monoisotopic (exact) mass is 909 g/mol. The van der Waals surface area contributed by atoms with Gasteiger partial charge in [0.25, 0.3) is 0 Å². The maximum Gasteiger partial charge on any atom is 0.306 e. The molecule has 0 aliphatic heterocycles. The van der Waals surface area contributed by atoms with Gasteiger partial charge >= 0.3 is 17.9 Å². The summed E-state index contributed by atoms with van der Waals surface area (Å²) < 4.78 is 16.8. The second-order valence-electron chi connectivity index (χ2n) is 18.5. The van der Waals surface area contributed by atoms with E-state index < -0.39 is 6.10 Å². The molecular weight excluding hydrogens is 805 g/mol. The van der Waals surface area contributed by atoms with E-state index in [1.807, 2.05) is 0 Å². The Kier molecular flexibility index (Phi) is 51.3. The Morgan fingerprint density at radius 1 is 0.308 bits per heavy atom. The smallest absolute Gasteiger partial charge is 0.306 e. The van der Waals surface area contributed by atoms with E-state index in [9.17, 15) is 14.4 Å². The van der Waals surface area contributed by atoms with E-state index in [1.165, 1.54) is 141 Å². The summed E-state index contributed by atoms with van der Waals surface area (Å²) in [5, 5.41) is 0. The van der Waals surface area contributed by atoms with Crippen LogP contribution in [0.1, 0.15) is 278 Å². The Balaban J connectivity index is 4.40. The fourth-order valence-corrected chi connectivity index (χ4v) is 7.77. The van der Waals surface area contributed by atoms with Crippen molar-refractivity contribution in [1.82, 2.24) is 0 Å². The molecule has 0 spiro atoms. The molecule has 0 aliphatic carbocycles. The third-order valence-corrected chi connectivity index (χ3v) is 12.0. The summed E-state index contributed by atoms with van der Waals surface area (Å²) in [4.78, 5) is 38.0. The van der Waals surface area contributed by atoms with Gasteiger partial charge in [-0.25, -0.2) is 0 Å². The van der Waals surface area contributed by atoms with Crippen LogP contribution >= 0.6 is 0 Å². The van der Waals surface area contributed by atoms with Crippen molar-refractivity contribution in [3.63, 3.8) is 0 Å². The Bertz CT molecular complexity index is 1180. The zero-order valence-electron chi connectivity index (χ0n) is 43.0. The lowest BCUT2D eigenvalue weighted by molar-refractivity contribution is -0.167. The van der Waals surface area contributed by atoms with Crippen LogP contribution in [-0.4, -0.2) is 37.2 Å². The third-order valence-electron chi connectivity index (χ3n) is 12.0. The van der Waals surface area contributed by atoms with Crippen molar-refractivity contribution < 1.29 is 28.6 Å². The van der Waals surface area contributed by atoms with Crippen molar-refractivity contribution in [2.24, 2.45) is 0 Å². The summed E-state index contributed by atoms with van der Waals surface area (Å²) in [6.45, 7) is 6.57. The number of ether oxygens (including phenoxy) is 3. The summed E-state index contributed by atoms with van der Waals surface area (Å²) in [7, 11) is 0. The molecule has 0 aliphatic rings. The summed E-state index contributed by atoms with van der Waals surface area (Å²) in [6.07, 6.45) is 66.3. The molecule has 0 aromatic carbocycles. The number of unbranched alkanes of at least 4 members (excludes halogenated alkanes) is 31. The highest BCUT2D eigenvalue weighted by atomic mass is 16.6. The molecule has 0 rings (SSSR count). The Morgan fingerprint density at radius 2 is 0.585 bits per heavy atom. The van der Waals surface area contributed by atoms with Gasteiger partial charge in [-0.2, -0.15) is 0 Å². The molecule has 1 atom stereocenters. The van der Waals surface area contributed by atoms with Gasteiger partial charge in [0.15, 0.2) is 6.10 Å². The number of rotatable bonds is 50. The third kappa shape index (κ3) is 51.9. The predicted molar refractivity (Wildman–Crippen MR) is 279 cm³/mol. The normalized spacial score (nSPS) is 12.5. The Hall–Kier alpha value is -2.89. The fourth-order valence-electron chi connectivity index (χ4n) is 7.77. The minimum absolute atomic E-state index is 0.0883. The minimum atomic E-state index is -0.789. The van der Waals surface area contributed by atoms with Gasteiger partial charge in [0.2, 0.25) is 0 Å². The van der Waals surface area contributed by atoms with Crippen molar-refractivity contribution in [1.29, 1.82) is 0 Å². The van der Waals surface area contributed by atoms with Gasteiger partial charge in [-0.15, -0.1) is 0 Å². The zero-order valence-corrected chi connectivity index (χ0v) is 43.0. The molecule has 0 N–H and O–H groups in total. The zero-order chi connectivity index (χ0) is 47.2. The summed E-state index contributed by atoms with van der Waals surface area (Å²) in [5.41, 5.74) is 0. The van der Waals surface area contributed by atoms with Crippen LogP contribution in [0.2, 0.25) is 0 Å². The van der Waals surface area contributed by atoms with E-state index in [-0.39, 0.29) is 31.1 Å². The van der Waals surface area contributed by atoms with E-state index in [1.54, 1.807) is 0 Å². The topological polar surface area (TPSA) is 78.9 Å². The van der Waals surface area contributed by atoms with Crippen molar-refractivity contribution in [2.75, 3.05) is 13.2 Å². The first kappa shape index (κ1) is 62.1. The van der Waals surface area contributed by atoms with E-state index in [2.05, 4.69) is 81.5 Å². The van der Waals surface area contributed by atoms with Crippen molar-refractivity contribution in [2.45, 2.75) is 284 Å². The molecule has 0 bridgehead atoms. The number of hydrogen-bond donors (Lipinski definition) is 0. The van der Waals surface area contributed by atoms with Crippen LogP contribution in [0, 0.1) is 0 Å². The van der Waals surface area contributed by atoms with E-state index in [4.69, 9.17) is 14.2 Å². The number of carbonyl (C=O) groups is 3. The number of esters is 3. The minimum Gasteiger partial charge on any atom is -0.462 e. The van der Waals surface area contributed by atoms with Crippen molar-refractivity contribution >= 4 is 17.9 Å². The van der Waals surface area contributed by atoms with Gasteiger partial charge in [-0.3, -0.25) is 14.4 Å². The van der Waals surface area contributed by atoms with Gasteiger partial charge in [0, 0.05) is 19.3 Å². The van der Waals surface area contributed by atoms with Crippen LogP contribution in [0.15, 0.2) is 60.8 Å². The van der Waals surface area contributed by atoms with E-state index >= 15 is 0 Å². The number of allylic oxidation sites excluding steroid dienone is 10. The lowest BCUT2D eigenvalue weighted by Gasteiger charge is -2.18. The molecule has 0 aromatic heterocycles. The van der Waals surface area contributed by atoms with Gasteiger partial charge in [-0.05, 0) is 89.9 Å². The van der Waals surface area contributed by atoms with Crippen LogP contribution in [0.4, 0.5) is 0 Å². The average Bonchev–Trinajstić information content (AvgIpc) is 3.30. The fraction of sp³-hybridized carbons (Fsp3) is 0.780. The molecule has 1 unspecified atom stereocenters. The summed E-state index contributed by atoms with van der Waals surface area (Å²) in [5.74, 6) is -0.919. The molecule has 0 saturated heterocycles. The molecular formula is C59H104O6. The first-order valence-corrected chi connectivity index (χ1v) is 27.8. The van der Waals surface area contributed by atoms with Crippen molar-refractivity contribution in [3.8, 4) is 0 Å². The second kappa shape index (κ2) is 53.7. The molecule has 0 amide bonds. The van der Waals surface area contributed by atoms with Gasteiger partial charge < -0.3 is 14.2 Å². The molecule has 0 heterocycles. The highest BCUT2D eigenvalue weighted by Gasteiger charge is 2.19. The molecule has 0 aromatic rings. The Labute approximate surface area is 402 Å². The number of carbonyl (C=O) groups excluding carboxylic acids is 3. The van der Waals surface area contributed by atoms with E-state index in [0.29, 0.717) is 19.3 Å². The first-order chi connectivity index (χ1) is 32.0. The van der Waals surface area contributed by atoms with Crippen molar-refractivity contribution in [3.05, 3.63) is 60.8 Å². The molecule has 65 heavy (non-hydrogen) atoms. The predicted octanol–water partition coefficient (Wildman–Crippen LogP) is 18.4. The number of hydrogen-bond acceptors (Lipinski definition) is 6. The lowest BCUT2D eigenvalue weighted by atomic mass is 10.1. The lowest BCUT2D eigenvalue weighted by Crippen LogP contribution is -2.30. The molecule has 0 fully saturated rings. The molecule has 376 valence electrons. The maximum absolute atomic E-state index is 12.8. The summed E-state index contributed by atoms with van der Waals surface area (Å²) >= 11 is 0. The van der Waals surface area contributed by atoms with Crippen LogP contribution in [0.25, 0.3) is 0 Å².